The van der Waals surface area contributed by atoms with Crippen LogP contribution in [-0.2, 0) is 11.2 Å². The summed E-state index contributed by atoms with van der Waals surface area (Å²) < 4.78 is 5.93. The summed E-state index contributed by atoms with van der Waals surface area (Å²) in [6, 6.07) is 8.11. The highest BCUT2D eigenvalue weighted by atomic mass is 16.5. The highest BCUT2D eigenvalue weighted by Crippen LogP contribution is 2.27. The number of para-hydroxylation sites is 1. The Hall–Kier alpha value is -2.24. The number of rotatable bonds is 6. The Morgan fingerprint density at radius 3 is 2.75 bits per heavy atom. The van der Waals surface area contributed by atoms with E-state index in [1.165, 1.54) is 5.56 Å². The van der Waals surface area contributed by atoms with E-state index in [2.05, 4.69) is 35.5 Å². The lowest BCUT2D eigenvalue weighted by Gasteiger charge is -2.17. The zero-order valence-corrected chi connectivity index (χ0v) is 15.0. The van der Waals surface area contributed by atoms with Crippen LogP contribution in [0.15, 0.2) is 29.3 Å². The van der Waals surface area contributed by atoms with E-state index in [9.17, 15) is 4.79 Å². The molecular formula is C18H28N4O2. The van der Waals surface area contributed by atoms with Crippen molar-refractivity contribution < 1.29 is 9.53 Å². The first-order valence-corrected chi connectivity index (χ1v) is 8.42. The minimum atomic E-state index is -0.0230. The SMILES string of the molecule is CC(C)CNC(=NCC(=O)N(C)C)NCC1Cc2ccccc2O1. The summed E-state index contributed by atoms with van der Waals surface area (Å²) in [5.41, 5.74) is 1.24. The van der Waals surface area contributed by atoms with Crippen molar-refractivity contribution in [2.24, 2.45) is 10.9 Å². The molecule has 6 heteroatoms. The summed E-state index contributed by atoms with van der Waals surface area (Å²) in [6.07, 6.45) is 0.968. The molecule has 0 spiro atoms. The second-order valence-corrected chi connectivity index (χ2v) is 6.66. The van der Waals surface area contributed by atoms with Gasteiger partial charge in [0, 0.05) is 27.1 Å². The van der Waals surface area contributed by atoms with Crippen molar-refractivity contribution in [2.75, 3.05) is 33.7 Å². The van der Waals surface area contributed by atoms with Gasteiger partial charge in [-0.05, 0) is 17.5 Å². The lowest BCUT2D eigenvalue weighted by atomic mass is 10.1. The van der Waals surface area contributed by atoms with Gasteiger partial charge < -0.3 is 20.3 Å². The number of carbonyl (C=O) groups is 1. The quantitative estimate of drug-likeness (QED) is 0.608. The molecule has 1 aromatic carbocycles. The van der Waals surface area contributed by atoms with Gasteiger partial charge in [0.2, 0.25) is 5.91 Å². The van der Waals surface area contributed by atoms with Crippen LogP contribution in [-0.4, -0.2) is 56.6 Å². The van der Waals surface area contributed by atoms with Crippen LogP contribution >= 0.6 is 0 Å². The van der Waals surface area contributed by atoms with Crippen molar-refractivity contribution in [3.63, 3.8) is 0 Å². The monoisotopic (exact) mass is 332 g/mol. The van der Waals surface area contributed by atoms with E-state index in [0.29, 0.717) is 18.4 Å². The maximum Gasteiger partial charge on any atom is 0.243 e. The molecule has 1 amide bonds. The average Bonchev–Trinajstić information content (AvgIpc) is 2.96. The molecule has 0 aromatic heterocycles. The number of guanidine groups is 1. The van der Waals surface area contributed by atoms with Gasteiger partial charge >= 0.3 is 0 Å². The third-order valence-electron chi connectivity index (χ3n) is 3.76. The van der Waals surface area contributed by atoms with Crippen molar-refractivity contribution in [3.05, 3.63) is 29.8 Å². The van der Waals surface area contributed by atoms with Gasteiger partial charge in [0.05, 0.1) is 6.54 Å². The van der Waals surface area contributed by atoms with Gasteiger partial charge in [-0.1, -0.05) is 32.0 Å². The molecule has 132 valence electrons. The van der Waals surface area contributed by atoms with Crippen molar-refractivity contribution in [1.29, 1.82) is 0 Å². The van der Waals surface area contributed by atoms with E-state index >= 15 is 0 Å². The van der Waals surface area contributed by atoms with Crippen molar-refractivity contribution in [3.8, 4) is 5.75 Å². The molecule has 24 heavy (non-hydrogen) atoms. The van der Waals surface area contributed by atoms with E-state index in [-0.39, 0.29) is 18.6 Å². The van der Waals surface area contributed by atoms with E-state index in [4.69, 9.17) is 4.74 Å². The smallest absolute Gasteiger partial charge is 0.243 e. The van der Waals surface area contributed by atoms with Gasteiger partial charge in [0.25, 0.3) is 0 Å². The van der Waals surface area contributed by atoms with Crippen LogP contribution in [0.5, 0.6) is 5.75 Å². The summed E-state index contributed by atoms with van der Waals surface area (Å²) in [6.45, 7) is 5.84. The molecule has 6 nitrogen and oxygen atoms in total. The van der Waals surface area contributed by atoms with Crippen molar-refractivity contribution >= 4 is 11.9 Å². The summed E-state index contributed by atoms with van der Waals surface area (Å²) in [4.78, 5) is 17.6. The zero-order valence-electron chi connectivity index (χ0n) is 15.0. The molecule has 1 heterocycles. The molecule has 0 saturated carbocycles. The fourth-order valence-corrected chi connectivity index (χ4v) is 2.34. The summed E-state index contributed by atoms with van der Waals surface area (Å²) in [7, 11) is 3.46. The first-order chi connectivity index (χ1) is 11.5. The van der Waals surface area contributed by atoms with Crippen LogP contribution in [0.2, 0.25) is 0 Å². The Labute approximate surface area is 144 Å². The minimum absolute atomic E-state index is 0.0230. The van der Waals surface area contributed by atoms with Crippen LogP contribution in [0.4, 0.5) is 0 Å². The number of nitrogens with one attached hydrogen (secondary N) is 2. The molecule has 0 saturated heterocycles. The number of nitrogens with zero attached hydrogens (tertiary/aromatic N) is 2. The van der Waals surface area contributed by atoms with Crippen LogP contribution in [0.1, 0.15) is 19.4 Å². The van der Waals surface area contributed by atoms with Gasteiger partial charge in [-0.2, -0.15) is 0 Å². The molecule has 1 unspecified atom stereocenters. The van der Waals surface area contributed by atoms with E-state index in [1.807, 2.05) is 18.2 Å². The van der Waals surface area contributed by atoms with Gasteiger partial charge in [0.15, 0.2) is 5.96 Å². The Bertz CT molecular complexity index is 559. The van der Waals surface area contributed by atoms with Crippen LogP contribution in [0.25, 0.3) is 0 Å². The Balaban J connectivity index is 1.88. The number of aliphatic imine (C=N–C) groups is 1. The molecule has 1 atom stereocenters. The van der Waals surface area contributed by atoms with Gasteiger partial charge in [-0.15, -0.1) is 0 Å². The van der Waals surface area contributed by atoms with Gasteiger partial charge in [-0.25, -0.2) is 4.99 Å². The normalized spacial score (nSPS) is 16.5. The summed E-state index contributed by atoms with van der Waals surface area (Å²) in [5, 5.41) is 6.56. The number of likely N-dealkylation sites (N-methyl/N-ethyl adjacent to an activating group) is 1. The fraction of sp³-hybridized carbons (Fsp3) is 0.556. The molecule has 0 bridgehead atoms. The lowest BCUT2D eigenvalue weighted by molar-refractivity contribution is -0.127. The van der Waals surface area contributed by atoms with Crippen molar-refractivity contribution in [1.82, 2.24) is 15.5 Å². The predicted octanol–water partition coefficient (Wildman–Crippen LogP) is 1.27. The number of hydrogen-bond donors (Lipinski definition) is 2. The number of ether oxygens (including phenoxy) is 1. The number of carbonyl (C=O) groups excluding carboxylic acids is 1. The summed E-state index contributed by atoms with van der Waals surface area (Å²) in [5.74, 6) is 2.08. The average molecular weight is 332 g/mol. The third kappa shape index (κ3) is 5.44. The standard InChI is InChI=1S/C18H28N4O2/c1-13(2)10-19-18(21-12-17(23)22(3)4)20-11-15-9-14-7-5-6-8-16(14)24-15/h5-8,13,15H,9-12H2,1-4H3,(H2,19,20,21). The zero-order chi connectivity index (χ0) is 17.5. The lowest BCUT2D eigenvalue weighted by Crippen LogP contribution is -2.44. The third-order valence-corrected chi connectivity index (χ3v) is 3.76. The Kier molecular flexibility index (Phi) is 6.46. The van der Waals surface area contributed by atoms with Gasteiger partial charge in [0.1, 0.15) is 18.4 Å². The van der Waals surface area contributed by atoms with Crippen LogP contribution < -0.4 is 15.4 Å². The molecule has 1 aliphatic heterocycles. The number of benzene rings is 1. The van der Waals surface area contributed by atoms with Crippen LogP contribution in [0, 0.1) is 5.92 Å². The first-order valence-electron chi connectivity index (χ1n) is 8.42. The topological polar surface area (TPSA) is 66.0 Å². The maximum atomic E-state index is 11.7. The largest absolute Gasteiger partial charge is 0.488 e. The first kappa shape index (κ1) is 18.1. The van der Waals surface area contributed by atoms with E-state index in [1.54, 1.807) is 19.0 Å². The molecule has 0 radical (unpaired) electrons. The number of amides is 1. The number of fused-ring (bicyclic) bond motifs is 1. The van der Waals surface area contributed by atoms with Crippen LogP contribution in [0.3, 0.4) is 0 Å². The fourth-order valence-electron chi connectivity index (χ4n) is 2.34. The second kappa shape index (κ2) is 8.57. The van der Waals surface area contributed by atoms with E-state index < -0.39 is 0 Å². The molecule has 0 fully saturated rings. The van der Waals surface area contributed by atoms with Gasteiger partial charge in [-0.3, -0.25) is 4.79 Å². The minimum Gasteiger partial charge on any atom is -0.488 e. The van der Waals surface area contributed by atoms with Crippen molar-refractivity contribution in [2.45, 2.75) is 26.4 Å². The molecule has 1 aliphatic rings. The highest BCUT2D eigenvalue weighted by molar-refractivity contribution is 5.84. The maximum absolute atomic E-state index is 11.7. The molecule has 2 N–H and O–H groups in total. The van der Waals surface area contributed by atoms with E-state index in [0.717, 1.165) is 18.7 Å². The molecular weight excluding hydrogens is 304 g/mol. The molecule has 1 aromatic rings. The Morgan fingerprint density at radius 1 is 1.33 bits per heavy atom. The molecule has 0 aliphatic carbocycles. The Morgan fingerprint density at radius 2 is 2.08 bits per heavy atom. The predicted molar refractivity (Wildman–Crippen MR) is 96.4 cm³/mol. The highest BCUT2D eigenvalue weighted by Gasteiger charge is 2.22. The second-order valence-electron chi connectivity index (χ2n) is 6.66. The molecule has 2 rings (SSSR count). The number of hydrogen-bond acceptors (Lipinski definition) is 3. The summed E-state index contributed by atoms with van der Waals surface area (Å²) >= 11 is 0.